The van der Waals surface area contributed by atoms with Gasteiger partial charge < -0.3 is 14.8 Å². The summed E-state index contributed by atoms with van der Waals surface area (Å²) in [7, 11) is 0. The Hall–Kier alpha value is -2.52. The molecule has 1 heterocycles. The number of hydrogen-bond donors (Lipinski definition) is 2. The van der Waals surface area contributed by atoms with Gasteiger partial charge in [0, 0.05) is 15.0 Å². The van der Waals surface area contributed by atoms with Crippen LogP contribution < -0.4 is 0 Å². The van der Waals surface area contributed by atoms with Gasteiger partial charge in [0.25, 0.3) is 0 Å². The summed E-state index contributed by atoms with van der Waals surface area (Å²) >= 11 is 3.28. The Morgan fingerprint density at radius 1 is 1.42 bits per heavy atom. The van der Waals surface area contributed by atoms with E-state index in [1.54, 1.807) is 31.2 Å². The molecule has 2 N–H and O–H groups in total. The van der Waals surface area contributed by atoms with Gasteiger partial charge in [-0.25, -0.2) is 4.79 Å². The highest BCUT2D eigenvalue weighted by Crippen LogP contribution is 2.28. The third kappa shape index (κ3) is 4.17. The van der Waals surface area contributed by atoms with Crippen molar-refractivity contribution in [3.8, 4) is 0 Å². The smallest absolute Gasteiger partial charge is 0.355 e. The van der Waals surface area contributed by atoms with E-state index < -0.39 is 29.3 Å². The fourth-order valence-electron chi connectivity index (χ4n) is 2.57. The van der Waals surface area contributed by atoms with Crippen LogP contribution in [0.25, 0.3) is 0 Å². The minimum absolute atomic E-state index is 0.0115. The molecule has 0 amide bonds. The van der Waals surface area contributed by atoms with Crippen molar-refractivity contribution >= 4 is 27.7 Å². The van der Waals surface area contributed by atoms with Gasteiger partial charge in [0.15, 0.2) is 11.9 Å². The van der Waals surface area contributed by atoms with Crippen LogP contribution in [0.4, 0.5) is 0 Å². The number of nitrogens with one attached hydrogen (secondary N) is 1. The molecule has 0 aliphatic heterocycles. The third-order valence-corrected chi connectivity index (χ3v) is 4.22. The second-order valence-electron chi connectivity index (χ2n) is 5.50. The van der Waals surface area contributed by atoms with Gasteiger partial charge in [-0.2, -0.15) is 0 Å². The molecule has 9 heteroatoms. The molecule has 0 saturated carbocycles. The van der Waals surface area contributed by atoms with Crippen molar-refractivity contribution in [2.24, 2.45) is 0 Å². The SMILES string of the molecule is CCOC(=O)c1[nH]c(C(O)C[N+](=O)[O-])c(C(=O)c2cccc(Br)c2)c1C. The molecule has 2 aromatic rings. The molecular weight excluding hydrogens is 408 g/mol. The van der Waals surface area contributed by atoms with Gasteiger partial charge in [-0.1, -0.05) is 28.1 Å². The number of aromatic amines is 1. The van der Waals surface area contributed by atoms with E-state index >= 15 is 0 Å². The van der Waals surface area contributed by atoms with E-state index in [0.717, 1.165) is 0 Å². The van der Waals surface area contributed by atoms with E-state index in [9.17, 15) is 24.8 Å². The number of H-pyrrole nitrogens is 1. The molecule has 0 aliphatic carbocycles. The number of ketones is 1. The Bertz CT molecular complexity index is 861. The number of aromatic nitrogens is 1. The van der Waals surface area contributed by atoms with Gasteiger partial charge in [-0.05, 0) is 31.5 Å². The van der Waals surface area contributed by atoms with E-state index in [1.165, 1.54) is 6.92 Å². The van der Waals surface area contributed by atoms with Crippen molar-refractivity contribution in [3.05, 3.63) is 66.9 Å². The Morgan fingerprint density at radius 3 is 2.69 bits per heavy atom. The van der Waals surface area contributed by atoms with Crippen molar-refractivity contribution in [3.63, 3.8) is 0 Å². The number of ether oxygens (including phenoxy) is 1. The third-order valence-electron chi connectivity index (χ3n) is 3.73. The number of hydrogen-bond acceptors (Lipinski definition) is 6. The Labute approximate surface area is 157 Å². The van der Waals surface area contributed by atoms with E-state index in [0.29, 0.717) is 10.0 Å². The first kappa shape index (κ1) is 19.8. The first-order valence-corrected chi connectivity index (χ1v) is 8.55. The number of halogens is 1. The lowest BCUT2D eigenvalue weighted by atomic mass is 9.97. The van der Waals surface area contributed by atoms with E-state index in [2.05, 4.69) is 20.9 Å². The van der Waals surface area contributed by atoms with Gasteiger partial charge in [0.05, 0.1) is 17.9 Å². The molecule has 1 aromatic carbocycles. The molecular formula is C17H17BrN2O6. The topological polar surface area (TPSA) is 123 Å². The van der Waals surface area contributed by atoms with Crippen LogP contribution in [0.5, 0.6) is 0 Å². The van der Waals surface area contributed by atoms with Gasteiger partial charge in [0.1, 0.15) is 5.69 Å². The van der Waals surface area contributed by atoms with Crippen LogP contribution >= 0.6 is 15.9 Å². The number of carbonyl (C=O) groups excluding carboxylic acids is 2. The molecule has 8 nitrogen and oxygen atoms in total. The monoisotopic (exact) mass is 424 g/mol. The van der Waals surface area contributed by atoms with Crippen LogP contribution in [-0.4, -0.2) is 39.9 Å². The van der Waals surface area contributed by atoms with Gasteiger partial charge in [-0.15, -0.1) is 0 Å². The number of nitro groups is 1. The molecule has 0 bridgehead atoms. The van der Waals surface area contributed by atoms with Crippen LogP contribution in [0.15, 0.2) is 28.7 Å². The predicted molar refractivity (Wildman–Crippen MR) is 95.9 cm³/mol. The zero-order valence-electron chi connectivity index (χ0n) is 14.1. The number of nitrogens with zero attached hydrogens (tertiary/aromatic N) is 1. The number of esters is 1. The summed E-state index contributed by atoms with van der Waals surface area (Å²) in [6.07, 6.45) is -1.57. The molecule has 1 unspecified atom stereocenters. The van der Waals surface area contributed by atoms with Crippen molar-refractivity contribution < 1.29 is 24.4 Å². The summed E-state index contributed by atoms with van der Waals surface area (Å²) in [6, 6.07) is 6.57. The maximum Gasteiger partial charge on any atom is 0.355 e. The number of rotatable bonds is 7. The Kier molecular flexibility index (Phi) is 6.27. The highest BCUT2D eigenvalue weighted by atomic mass is 79.9. The van der Waals surface area contributed by atoms with Crippen molar-refractivity contribution in [1.82, 2.24) is 4.98 Å². The van der Waals surface area contributed by atoms with E-state index in [4.69, 9.17) is 4.74 Å². The largest absolute Gasteiger partial charge is 0.461 e. The Morgan fingerprint density at radius 2 is 2.12 bits per heavy atom. The Balaban J connectivity index is 2.59. The van der Waals surface area contributed by atoms with Crippen LogP contribution in [0, 0.1) is 17.0 Å². The lowest BCUT2D eigenvalue weighted by Crippen LogP contribution is -2.16. The molecule has 0 radical (unpaired) electrons. The van der Waals surface area contributed by atoms with Crippen LogP contribution in [0.2, 0.25) is 0 Å². The molecule has 0 saturated heterocycles. The van der Waals surface area contributed by atoms with Gasteiger partial charge in [-0.3, -0.25) is 14.9 Å². The quantitative estimate of drug-likeness (QED) is 0.305. The maximum absolute atomic E-state index is 13.0. The van der Waals surface area contributed by atoms with Crippen molar-refractivity contribution in [1.29, 1.82) is 0 Å². The molecule has 0 spiro atoms. The first-order valence-electron chi connectivity index (χ1n) is 7.76. The molecule has 138 valence electrons. The molecule has 26 heavy (non-hydrogen) atoms. The average molecular weight is 425 g/mol. The lowest BCUT2D eigenvalue weighted by molar-refractivity contribution is -0.491. The van der Waals surface area contributed by atoms with Crippen molar-refractivity contribution in [2.45, 2.75) is 20.0 Å². The lowest BCUT2D eigenvalue weighted by Gasteiger charge is -2.08. The zero-order valence-corrected chi connectivity index (χ0v) is 15.7. The normalized spacial score (nSPS) is 11.8. The van der Waals surface area contributed by atoms with Crippen LogP contribution in [0.1, 0.15) is 50.7 Å². The van der Waals surface area contributed by atoms with E-state index in [1.807, 2.05) is 0 Å². The minimum Gasteiger partial charge on any atom is -0.461 e. The number of aliphatic hydroxyl groups is 1. The summed E-state index contributed by atoms with van der Waals surface area (Å²) in [6.45, 7) is 2.47. The van der Waals surface area contributed by atoms with Crippen LogP contribution in [0.3, 0.4) is 0 Å². The standard InChI is InChI=1S/C17H17BrN2O6/c1-3-26-17(23)14-9(2)13(15(19-14)12(21)8-20(24)25)16(22)10-5-4-6-11(18)7-10/h4-7,12,19,21H,3,8H2,1-2H3. The molecule has 0 aliphatic rings. The average Bonchev–Trinajstić information content (AvgIpc) is 2.91. The zero-order chi connectivity index (χ0) is 19.4. The number of benzene rings is 1. The highest BCUT2D eigenvalue weighted by Gasteiger charge is 2.30. The summed E-state index contributed by atoms with van der Waals surface area (Å²) in [5.74, 6) is -1.17. The molecule has 1 atom stereocenters. The highest BCUT2D eigenvalue weighted by molar-refractivity contribution is 9.10. The first-order chi connectivity index (χ1) is 12.3. The summed E-state index contributed by atoms with van der Waals surface area (Å²) in [5.41, 5.74) is 0.521. The second-order valence-corrected chi connectivity index (χ2v) is 6.42. The van der Waals surface area contributed by atoms with Gasteiger partial charge >= 0.3 is 5.97 Å². The minimum atomic E-state index is -1.57. The summed E-state index contributed by atoms with van der Waals surface area (Å²) < 4.78 is 5.61. The maximum atomic E-state index is 13.0. The summed E-state index contributed by atoms with van der Waals surface area (Å²) in [4.78, 5) is 37.8. The van der Waals surface area contributed by atoms with Crippen molar-refractivity contribution in [2.75, 3.05) is 13.2 Å². The fourth-order valence-corrected chi connectivity index (χ4v) is 2.97. The van der Waals surface area contributed by atoms with Gasteiger partial charge in [0.2, 0.25) is 6.54 Å². The number of carbonyl (C=O) groups is 2. The number of aliphatic hydroxyl groups excluding tert-OH is 1. The summed E-state index contributed by atoms with van der Waals surface area (Å²) in [5, 5.41) is 20.9. The molecule has 0 fully saturated rings. The van der Waals surface area contributed by atoms with E-state index in [-0.39, 0.29) is 29.1 Å². The molecule has 2 rings (SSSR count). The van der Waals surface area contributed by atoms with Crippen LogP contribution in [-0.2, 0) is 4.74 Å². The fraction of sp³-hybridized carbons (Fsp3) is 0.294. The second kappa shape index (κ2) is 8.24. The predicted octanol–water partition coefficient (Wildman–Crippen LogP) is 2.80. The molecule has 1 aromatic heterocycles.